The van der Waals surface area contributed by atoms with E-state index in [4.69, 9.17) is 4.74 Å². The normalized spacial score (nSPS) is 11.2. The Morgan fingerprint density at radius 1 is 1.10 bits per heavy atom. The Kier molecular flexibility index (Phi) is 6.23. The average molecular weight is 427 g/mol. The zero-order valence-corrected chi connectivity index (χ0v) is 16.5. The zero-order chi connectivity index (χ0) is 21.6. The highest BCUT2D eigenvalue weighted by Gasteiger charge is 2.22. The Balaban J connectivity index is 1.92. The summed E-state index contributed by atoms with van der Waals surface area (Å²) >= 11 is 0. The number of anilines is 2. The molecule has 154 valence electrons. The number of nitrogens with one attached hydrogen (secondary N) is 2. The topological polar surface area (TPSA) is 136 Å². The maximum atomic E-state index is 12.9. The molecule has 1 heterocycles. The van der Waals surface area contributed by atoms with Crippen molar-refractivity contribution in [3.8, 4) is 5.75 Å². The van der Waals surface area contributed by atoms with Crippen LogP contribution in [0.15, 0.2) is 77.0 Å². The van der Waals surface area contributed by atoms with Gasteiger partial charge in [0.1, 0.15) is 10.6 Å². The lowest BCUT2D eigenvalue weighted by Crippen LogP contribution is -2.15. The van der Waals surface area contributed by atoms with Crippen molar-refractivity contribution >= 4 is 33.3 Å². The van der Waals surface area contributed by atoms with Crippen LogP contribution in [0.1, 0.15) is 5.56 Å². The van der Waals surface area contributed by atoms with E-state index in [2.05, 4.69) is 20.2 Å². The first-order chi connectivity index (χ1) is 14.4. The van der Waals surface area contributed by atoms with Crippen LogP contribution >= 0.6 is 0 Å². The molecule has 0 aliphatic carbocycles. The quantitative estimate of drug-likeness (QED) is 0.320. The van der Waals surface area contributed by atoms with Crippen LogP contribution in [-0.4, -0.2) is 31.6 Å². The number of nitro groups is 1. The lowest BCUT2D eigenvalue weighted by Gasteiger charge is -2.12. The van der Waals surface area contributed by atoms with Gasteiger partial charge in [-0.2, -0.15) is 5.10 Å². The molecular formula is C19H17N5O5S. The van der Waals surface area contributed by atoms with Gasteiger partial charge in [0.25, 0.3) is 15.7 Å². The van der Waals surface area contributed by atoms with Crippen molar-refractivity contribution < 1.29 is 18.1 Å². The van der Waals surface area contributed by atoms with Gasteiger partial charge in [-0.05, 0) is 48.0 Å². The van der Waals surface area contributed by atoms with Crippen LogP contribution in [0.3, 0.4) is 0 Å². The van der Waals surface area contributed by atoms with E-state index in [-0.39, 0.29) is 22.0 Å². The Hall–Kier alpha value is -3.99. The molecule has 3 aromatic rings. The van der Waals surface area contributed by atoms with Gasteiger partial charge in [-0.15, -0.1) is 0 Å². The maximum absolute atomic E-state index is 12.9. The number of non-ortho nitro benzene ring substituents is 1. The number of benzene rings is 2. The first kappa shape index (κ1) is 20.7. The molecule has 0 bridgehead atoms. The number of hydrogen-bond donors (Lipinski definition) is 2. The summed E-state index contributed by atoms with van der Waals surface area (Å²) in [5.74, 6) is 0.557. The maximum Gasteiger partial charge on any atom is 0.270 e. The number of hydrogen-bond acceptors (Lipinski definition) is 8. The summed E-state index contributed by atoms with van der Waals surface area (Å²) in [6.07, 6.45) is 4.64. The van der Waals surface area contributed by atoms with Crippen molar-refractivity contribution in [1.29, 1.82) is 0 Å². The fourth-order valence-corrected chi connectivity index (χ4v) is 3.67. The number of hydrazone groups is 1. The van der Waals surface area contributed by atoms with E-state index >= 15 is 0 Å². The molecule has 0 saturated carbocycles. The predicted molar refractivity (Wildman–Crippen MR) is 112 cm³/mol. The van der Waals surface area contributed by atoms with E-state index in [1.807, 2.05) is 0 Å². The fourth-order valence-electron chi connectivity index (χ4n) is 2.43. The smallest absolute Gasteiger partial charge is 0.270 e. The Morgan fingerprint density at radius 2 is 1.80 bits per heavy atom. The SMILES string of the molecule is COc1ccc(NS(=O)(=O)c2cc([N+](=O)[O-])ccc2N/N=C\c2ccncc2)cc1. The van der Waals surface area contributed by atoms with Crippen molar-refractivity contribution in [1.82, 2.24) is 4.98 Å². The minimum Gasteiger partial charge on any atom is -0.497 e. The van der Waals surface area contributed by atoms with Gasteiger partial charge in [0.2, 0.25) is 0 Å². The van der Waals surface area contributed by atoms with Crippen LogP contribution in [0.4, 0.5) is 17.1 Å². The van der Waals surface area contributed by atoms with E-state index in [1.54, 1.807) is 36.7 Å². The molecule has 0 amide bonds. The van der Waals surface area contributed by atoms with Crippen LogP contribution in [0.2, 0.25) is 0 Å². The minimum atomic E-state index is -4.16. The van der Waals surface area contributed by atoms with Crippen LogP contribution in [0, 0.1) is 10.1 Å². The summed E-state index contributed by atoms with van der Waals surface area (Å²) in [6.45, 7) is 0. The van der Waals surface area contributed by atoms with Gasteiger partial charge < -0.3 is 4.74 Å². The number of pyridine rings is 1. The minimum absolute atomic E-state index is 0.0758. The number of methoxy groups -OCH3 is 1. The van der Waals surface area contributed by atoms with Crippen molar-refractivity contribution in [3.63, 3.8) is 0 Å². The first-order valence-corrected chi connectivity index (χ1v) is 10.0. The number of rotatable bonds is 8. The third-order valence-electron chi connectivity index (χ3n) is 3.91. The van der Waals surface area contributed by atoms with Crippen LogP contribution in [0.25, 0.3) is 0 Å². The standard InChI is InChI=1S/C19H17N5O5S/c1-29-17-5-2-15(3-6-17)23-30(27,28)19-12-16(24(25)26)4-7-18(19)22-21-13-14-8-10-20-11-9-14/h2-13,22-23H,1H3/b21-13-. The molecule has 0 spiro atoms. The van der Waals surface area contributed by atoms with Crippen molar-refractivity contribution in [3.05, 3.63) is 82.7 Å². The highest BCUT2D eigenvalue weighted by molar-refractivity contribution is 7.92. The summed E-state index contributed by atoms with van der Waals surface area (Å²) in [7, 11) is -2.66. The fraction of sp³-hybridized carbons (Fsp3) is 0.0526. The number of nitro benzene ring substituents is 1. The molecule has 0 saturated heterocycles. The van der Waals surface area contributed by atoms with Gasteiger partial charge in [-0.1, -0.05) is 0 Å². The monoisotopic (exact) mass is 427 g/mol. The summed E-state index contributed by atoms with van der Waals surface area (Å²) in [6, 6.07) is 13.1. The van der Waals surface area contributed by atoms with Crippen LogP contribution < -0.4 is 14.9 Å². The predicted octanol–water partition coefficient (Wildman–Crippen LogP) is 3.25. The van der Waals surface area contributed by atoms with E-state index in [0.717, 1.165) is 11.6 Å². The molecule has 0 fully saturated rings. The Bertz CT molecular complexity index is 1170. The van der Waals surface area contributed by atoms with Crippen LogP contribution in [-0.2, 0) is 10.0 Å². The average Bonchev–Trinajstić information content (AvgIpc) is 2.75. The van der Waals surface area contributed by atoms with Gasteiger partial charge in [0.15, 0.2) is 0 Å². The van der Waals surface area contributed by atoms with Crippen LogP contribution in [0.5, 0.6) is 5.75 Å². The molecular weight excluding hydrogens is 410 g/mol. The molecule has 0 radical (unpaired) electrons. The summed E-state index contributed by atoms with van der Waals surface area (Å²) in [5.41, 5.74) is 3.34. The lowest BCUT2D eigenvalue weighted by molar-refractivity contribution is -0.385. The van der Waals surface area contributed by atoms with Gasteiger partial charge >= 0.3 is 0 Å². The Morgan fingerprint density at radius 3 is 2.43 bits per heavy atom. The van der Waals surface area contributed by atoms with Crippen molar-refractivity contribution in [2.45, 2.75) is 4.90 Å². The number of aromatic nitrogens is 1. The van der Waals surface area contributed by atoms with Gasteiger partial charge in [0.05, 0.1) is 23.9 Å². The second kappa shape index (κ2) is 9.01. The zero-order valence-electron chi connectivity index (χ0n) is 15.7. The highest BCUT2D eigenvalue weighted by atomic mass is 32.2. The molecule has 0 aliphatic rings. The molecule has 0 unspecified atom stereocenters. The Labute approximate surface area is 172 Å². The second-order valence-electron chi connectivity index (χ2n) is 5.92. The molecule has 0 atom stereocenters. The molecule has 0 aliphatic heterocycles. The number of sulfonamides is 1. The van der Waals surface area contributed by atoms with E-state index in [1.165, 1.54) is 37.6 Å². The first-order valence-electron chi connectivity index (χ1n) is 8.53. The molecule has 3 rings (SSSR count). The molecule has 2 N–H and O–H groups in total. The molecule has 11 heteroatoms. The highest BCUT2D eigenvalue weighted by Crippen LogP contribution is 2.28. The van der Waals surface area contributed by atoms with Crippen molar-refractivity contribution in [2.75, 3.05) is 17.3 Å². The van der Waals surface area contributed by atoms with Gasteiger partial charge in [0, 0.05) is 30.2 Å². The molecule has 1 aromatic heterocycles. The van der Waals surface area contributed by atoms with E-state index in [0.29, 0.717) is 5.75 Å². The summed E-state index contributed by atoms with van der Waals surface area (Å²) in [4.78, 5) is 14.0. The van der Waals surface area contributed by atoms with Gasteiger partial charge in [-0.3, -0.25) is 25.2 Å². The summed E-state index contributed by atoms with van der Waals surface area (Å²) in [5, 5.41) is 15.1. The van der Waals surface area contributed by atoms with Crippen molar-refractivity contribution in [2.24, 2.45) is 5.10 Å². The third kappa shape index (κ3) is 5.08. The molecule has 10 nitrogen and oxygen atoms in total. The lowest BCUT2D eigenvalue weighted by atomic mass is 10.3. The molecule has 30 heavy (non-hydrogen) atoms. The molecule has 2 aromatic carbocycles. The third-order valence-corrected chi connectivity index (χ3v) is 5.33. The number of ether oxygens (including phenoxy) is 1. The van der Waals surface area contributed by atoms with Gasteiger partial charge in [-0.25, -0.2) is 8.42 Å². The second-order valence-corrected chi connectivity index (χ2v) is 7.57. The largest absolute Gasteiger partial charge is 0.497 e. The summed E-state index contributed by atoms with van der Waals surface area (Å²) < 4.78 is 33.3. The number of nitrogens with zero attached hydrogens (tertiary/aromatic N) is 3. The van der Waals surface area contributed by atoms with E-state index < -0.39 is 14.9 Å². The van der Waals surface area contributed by atoms with E-state index in [9.17, 15) is 18.5 Å².